The SMILES string of the molecule is Nc1cc(F)c(S(=O)(=O)O)c(F)c1S(=O)(=O)O. The third-order valence-electron chi connectivity index (χ3n) is 1.68. The minimum absolute atomic E-state index is 0.148. The third kappa shape index (κ3) is 2.52. The molecule has 11 heteroatoms. The molecule has 0 bridgehead atoms. The van der Waals surface area contributed by atoms with Gasteiger partial charge in [0.2, 0.25) is 0 Å². The van der Waals surface area contributed by atoms with Crippen molar-refractivity contribution in [1.29, 1.82) is 0 Å². The van der Waals surface area contributed by atoms with Crippen LogP contribution in [0, 0.1) is 11.6 Å². The van der Waals surface area contributed by atoms with E-state index in [2.05, 4.69) is 0 Å². The Morgan fingerprint density at radius 2 is 1.41 bits per heavy atom. The Morgan fingerprint density at radius 3 is 1.76 bits per heavy atom. The van der Waals surface area contributed by atoms with Crippen molar-refractivity contribution in [2.75, 3.05) is 5.73 Å². The fourth-order valence-corrected chi connectivity index (χ4v) is 2.48. The van der Waals surface area contributed by atoms with Crippen molar-refractivity contribution < 1.29 is 34.7 Å². The molecule has 17 heavy (non-hydrogen) atoms. The van der Waals surface area contributed by atoms with E-state index >= 15 is 0 Å². The number of nitrogens with two attached hydrogens (primary N) is 1. The van der Waals surface area contributed by atoms with Gasteiger partial charge in [-0.15, -0.1) is 0 Å². The molecule has 96 valence electrons. The lowest BCUT2D eigenvalue weighted by Crippen LogP contribution is -2.13. The standard InChI is InChI=1S/C6H5F2NO6S2/c7-2-1-3(9)6(17(13,14)15)4(8)5(2)16(10,11)12/h1H,9H2,(H,10,11,12)(H,13,14,15). The molecular weight excluding hydrogens is 284 g/mol. The zero-order chi connectivity index (χ0) is 13.6. The first-order valence-corrected chi connectivity index (χ1v) is 6.56. The van der Waals surface area contributed by atoms with Gasteiger partial charge in [0.05, 0.1) is 5.69 Å². The van der Waals surface area contributed by atoms with E-state index in [-0.39, 0.29) is 6.07 Å². The second-order valence-corrected chi connectivity index (χ2v) is 5.59. The number of hydrogen-bond acceptors (Lipinski definition) is 5. The van der Waals surface area contributed by atoms with Gasteiger partial charge in [-0.05, 0) is 6.07 Å². The summed E-state index contributed by atoms with van der Waals surface area (Å²) in [5.74, 6) is -3.97. The van der Waals surface area contributed by atoms with Crippen molar-refractivity contribution in [1.82, 2.24) is 0 Å². The van der Waals surface area contributed by atoms with Crippen LogP contribution in [0.1, 0.15) is 0 Å². The molecule has 0 saturated heterocycles. The molecular formula is C6H5F2NO6S2. The smallest absolute Gasteiger partial charge is 0.300 e. The molecule has 1 aromatic rings. The molecule has 0 heterocycles. The highest BCUT2D eigenvalue weighted by Gasteiger charge is 2.31. The van der Waals surface area contributed by atoms with Crippen LogP contribution in [-0.4, -0.2) is 25.9 Å². The van der Waals surface area contributed by atoms with E-state index in [4.69, 9.17) is 14.8 Å². The van der Waals surface area contributed by atoms with E-state index in [1.54, 1.807) is 0 Å². The quantitative estimate of drug-likeness (QED) is 0.516. The molecule has 0 spiro atoms. The predicted molar refractivity (Wildman–Crippen MR) is 50.4 cm³/mol. The van der Waals surface area contributed by atoms with Crippen molar-refractivity contribution in [3.05, 3.63) is 17.7 Å². The first-order chi connectivity index (χ1) is 7.46. The molecule has 7 nitrogen and oxygen atoms in total. The van der Waals surface area contributed by atoms with Gasteiger partial charge < -0.3 is 5.73 Å². The summed E-state index contributed by atoms with van der Waals surface area (Å²) < 4.78 is 86.2. The monoisotopic (exact) mass is 289 g/mol. The van der Waals surface area contributed by atoms with Crippen molar-refractivity contribution in [3.63, 3.8) is 0 Å². The maximum atomic E-state index is 13.4. The Morgan fingerprint density at radius 1 is 1.00 bits per heavy atom. The molecule has 1 aromatic carbocycles. The highest BCUT2D eigenvalue weighted by Crippen LogP contribution is 2.29. The summed E-state index contributed by atoms with van der Waals surface area (Å²) in [7, 11) is -10.6. The number of halogens is 2. The van der Waals surface area contributed by atoms with Crippen LogP contribution in [0.2, 0.25) is 0 Å². The van der Waals surface area contributed by atoms with Gasteiger partial charge in [0, 0.05) is 0 Å². The zero-order valence-corrected chi connectivity index (χ0v) is 9.39. The van der Waals surface area contributed by atoms with Gasteiger partial charge in [0.25, 0.3) is 20.2 Å². The van der Waals surface area contributed by atoms with Gasteiger partial charge in [0.15, 0.2) is 15.6 Å². The van der Waals surface area contributed by atoms with Gasteiger partial charge in [-0.1, -0.05) is 0 Å². The first-order valence-electron chi connectivity index (χ1n) is 3.68. The average molecular weight is 289 g/mol. The molecule has 0 aliphatic rings. The van der Waals surface area contributed by atoms with Crippen LogP contribution in [-0.2, 0) is 20.2 Å². The Bertz CT molecular complexity index is 625. The lowest BCUT2D eigenvalue weighted by Gasteiger charge is -2.08. The van der Waals surface area contributed by atoms with Crippen LogP contribution in [0.25, 0.3) is 0 Å². The molecule has 0 aliphatic carbocycles. The van der Waals surface area contributed by atoms with Crippen molar-refractivity contribution in [2.45, 2.75) is 9.79 Å². The molecule has 4 N–H and O–H groups in total. The fourth-order valence-electron chi connectivity index (χ4n) is 1.10. The number of nitrogen functional groups attached to an aromatic ring is 1. The molecule has 0 aromatic heterocycles. The maximum absolute atomic E-state index is 13.4. The third-order valence-corrected chi connectivity index (χ3v) is 3.50. The van der Waals surface area contributed by atoms with Crippen molar-refractivity contribution in [3.8, 4) is 0 Å². The Hall–Kier alpha value is -1.30. The molecule has 0 fully saturated rings. The van der Waals surface area contributed by atoms with E-state index < -0.39 is 47.3 Å². The van der Waals surface area contributed by atoms with E-state index in [0.717, 1.165) is 0 Å². The lowest BCUT2D eigenvalue weighted by molar-refractivity contribution is 0.443. The summed E-state index contributed by atoms with van der Waals surface area (Å²) in [4.78, 5) is -3.52. The summed E-state index contributed by atoms with van der Waals surface area (Å²) in [6, 6.07) is 0.148. The molecule has 0 amide bonds. The highest BCUT2D eigenvalue weighted by atomic mass is 32.2. The number of rotatable bonds is 2. The van der Waals surface area contributed by atoms with Crippen molar-refractivity contribution >= 4 is 25.9 Å². The first kappa shape index (κ1) is 13.8. The summed E-state index contributed by atoms with van der Waals surface area (Å²) in [6.07, 6.45) is 0. The Balaban J connectivity index is 3.93. The number of hydrogen-bond donors (Lipinski definition) is 3. The van der Waals surface area contributed by atoms with Crippen LogP contribution in [0.3, 0.4) is 0 Å². The minimum Gasteiger partial charge on any atom is -0.397 e. The van der Waals surface area contributed by atoms with Gasteiger partial charge in [-0.3, -0.25) is 9.11 Å². The fraction of sp³-hybridized carbons (Fsp3) is 0. The Labute approximate surface area is 94.4 Å². The van der Waals surface area contributed by atoms with Crippen molar-refractivity contribution in [2.24, 2.45) is 0 Å². The highest BCUT2D eigenvalue weighted by molar-refractivity contribution is 7.86. The molecule has 0 aliphatic heterocycles. The summed E-state index contributed by atoms with van der Waals surface area (Å²) in [5, 5.41) is 0. The molecule has 0 saturated carbocycles. The number of anilines is 1. The van der Waals surface area contributed by atoms with Crippen LogP contribution < -0.4 is 5.73 Å². The summed E-state index contributed by atoms with van der Waals surface area (Å²) in [5.41, 5.74) is 3.89. The molecule has 0 atom stereocenters. The maximum Gasteiger partial charge on any atom is 0.300 e. The summed E-state index contributed by atoms with van der Waals surface area (Å²) in [6.45, 7) is 0. The van der Waals surface area contributed by atoms with Crippen LogP contribution in [0.5, 0.6) is 0 Å². The van der Waals surface area contributed by atoms with Crippen LogP contribution >= 0.6 is 0 Å². The van der Waals surface area contributed by atoms with Crippen LogP contribution in [0.15, 0.2) is 15.9 Å². The Kier molecular flexibility index (Phi) is 3.13. The van der Waals surface area contributed by atoms with Gasteiger partial charge in [-0.2, -0.15) is 16.8 Å². The van der Waals surface area contributed by atoms with Crippen LogP contribution in [0.4, 0.5) is 14.5 Å². The zero-order valence-electron chi connectivity index (χ0n) is 7.75. The molecule has 1 rings (SSSR count). The summed E-state index contributed by atoms with van der Waals surface area (Å²) >= 11 is 0. The van der Waals surface area contributed by atoms with Gasteiger partial charge in [-0.25, -0.2) is 8.78 Å². The normalized spacial score (nSPS) is 12.7. The topological polar surface area (TPSA) is 135 Å². The van der Waals surface area contributed by atoms with E-state index in [0.29, 0.717) is 0 Å². The van der Waals surface area contributed by atoms with Gasteiger partial charge in [0.1, 0.15) is 5.82 Å². The molecule has 0 radical (unpaired) electrons. The number of benzene rings is 1. The van der Waals surface area contributed by atoms with E-state index in [1.165, 1.54) is 0 Å². The molecule has 0 unspecified atom stereocenters. The second kappa shape index (κ2) is 3.87. The van der Waals surface area contributed by atoms with E-state index in [1.807, 2.05) is 0 Å². The average Bonchev–Trinajstić information content (AvgIpc) is 1.94. The second-order valence-electron chi connectivity index (χ2n) is 2.87. The predicted octanol–water partition coefficient (Wildman–Crippen LogP) is 0.0404. The van der Waals surface area contributed by atoms with E-state index in [9.17, 15) is 25.6 Å². The minimum atomic E-state index is -5.34. The lowest BCUT2D eigenvalue weighted by atomic mass is 10.3. The largest absolute Gasteiger partial charge is 0.397 e. The van der Waals surface area contributed by atoms with Gasteiger partial charge >= 0.3 is 0 Å².